The Hall–Kier alpha value is -1.35. The average molecular weight is 288 g/mol. The number of hydrogen-bond donors (Lipinski definition) is 1. The van der Waals surface area contributed by atoms with Crippen LogP contribution in [0.25, 0.3) is 0 Å². The van der Waals surface area contributed by atoms with Crippen LogP contribution in [0.1, 0.15) is 43.4 Å². The molecule has 3 nitrogen and oxygen atoms in total. The normalized spacial score (nSPS) is 22.4. The highest BCUT2D eigenvalue weighted by Crippen LogP contribution is 2.19. The SMILES string of the molecule is CCC(=O)N1CC[C@@H](NCc2cccc(C)c2C)[C@H](C)C1. The standard InChI is InChI=1S/C18H28N2O/c1-5-18(21)20-10-9-17(14(3)12-20)19-11-16-8-6-7-13(2)15(16)4/h6-8,14,17,19H,5,9-12H2,1-4H3/t14-,17-/m1/s1. The number of piperidine rings is 1. The van der Waals surface area contributed by atoms with Crippen molar-refractivity contribution >= 4 is 5.91 Å². The fourth-order valence-corrected chi connectivity index (χ4v) is 3.14. The molecule has 0 saturated carbocycles. The number of likely N-dealkylation sites (tertiary alicyclic amines) is 1. The summed E-state index contributed by atoms with van der Waals surface area (Å²) in [7, 11) is 0. The number of carbonyl (C=O) groups excluding carboxylic acids is 1. The average Bonchev–Trinajstić information content (AvgIpc) is 2.49. The van der Waals surface area contributed by atoms with E-state index in [1.807, 2.05) is 11.8 Å². The topological polar surface area (TPSA) is 32.3 Å². The van der Waals surface area contributed by atoms with Crippen LogP contribution in [0, 0.1) is 19.8 Å². The number of hydrogen-bond acceptors (Lipinski definition) is 2. The molecule has 1 aromatic rings. The summed E-state index contributed by atoms with van der Waals surface area (Å²) in [5, 5.41) is 3.70. The minimum absolute atomic E-state index is 0.287. The summed E-state index contributed by atoms with van der Waals surface area (Å²) < 4.78 is 0. The third-order valence-corrected chi connectivity index (χ3v) is 4.83. The lowest BCUT2D eigenvalue weighted by molar-refractivity contribution is -0.132. The maximum atomic E-state index is 11.8. The van der Waals surface area contributed by atoms with Crippen LogP contribution in [0.4, 0.5) is 0 Å². The molecule has 2 atom stereocenters. The van der Waals surface area contributed by atoms with E-state index in [4.69, 9.17) is 0 Å². The largest absolute Gasteiger partial charge is 0.342 e. The van der Waals surface area contributed by atoms with E-state index in [0.717, 1.165) is 26.1 Å². The van der Waals surface area contributed by atoms with Crippen molar-refractivity contribution in [3.63, 3.8) is 0 Å². The van der Waals surface area contributed by atoms with E-state index in [1.54, 1.807) is 0 Å². The van der Waals surface area contributed by atoms with Crippen LogP contribution < -0.4 is 5.32 Å². The third kappa shape index (κ3) is 3.85. The van der Waals surface area contributed by atoms with Gasteiger partial charge in [0, 0.05) is 32.1 Å². The van der Waals surface area contributed by atoms with Crippen molar-refractivity contribution in [1.82, 2.24) is 10.2 Å². The van der Waals surface area contributed by atoms with Crippen molar-refractivity contribution in [2.24, 2.45) is 5.92 Å². The van der Waals surface area contributed by atoms with Crippen LogP contribution in [0.5, 0.6) is 0 Å². The quantitative estimate of drug-likeness (QED) is 0.923. The Balaban J connectivity index is 1.90. The van der Waals surface area contributed by atoms with Crippen molar-refractivity contribution in [3.8, 4) is 0 Å². The van der Waals surface area contributed by atoms with Crippen molar-refractivity contribution in [3.05, 3.63) is 34.9 Å². The van der Waals surface area contributed by atoms with Gasteiger partial charge in [-0.15, -0.1) is 0 Å². The second-order valence-corrected chi connectivity index (χ2v) is 6.31. The van der Waals surface area contributed by atoms with Crippen LogP contribution in [0.3, 0.4) is 0 Å². The summed E-state index contributed by atoms with van der Waals surface area (Å²) in [6, 6.07) is 7.00. The number of benzene rings is 1. The summed E-state index contributed by atoms with van der Waals surface area (Å²) in [5.41, 5.74) is 4.12. The van der Waals surface area contributed by atoms with Crippen LogP contribution >= 0.6 is 0 Å². The molecule has 21 heavy (non-hydrogen) atoms. The van der Waals surface area contributed by atoms with Gasteiger partial charge >= 0.3 is 0 Å². The van der Waals surface area contributed by atoms with Crippen LogP contribution in [-0.4, -0.2) is 29.9 Å². The molecule has 2 rings (SSSR count). The van der Waals surface area contributed by atoms with Gasteiger partial charge in [-0.25, -0.2) is 0 Å². The van der Waals surface area contributed by atoms with Crippen molar-refractivity contribution < 1.29 is 4.79 Å². The van der Waals surface area contributed by atoms with E-state index in [2.05, 4.69) is 44.3 Å². The van der Waals surface area contributed by atoms with Gasteiger partial charge in [0.1, 0.15) is 0 Å². The van der Waals surface area contributed by atoms with Gasteiger partial charge in [-0.1, -0.05) is 32.0 Å². The smallest absolute Gasteiger partial charge is 0.222 e. The van der Waals surface area contributed by atoms with Gasteiger partial charge in [-0.05, 0) is 42.9 Å². The maximum Gasteiger partial charge on any atom is 0.222 e. The van der Waals surface area contributed by atoms with Gasteiger partial charge < -0.3 is 10.2 Å². The summed E-state index contributed by atoms with van der Waals surface area (Å²) in [6.07, 6.45) is 1.67. The summed E-state index contributed by atoms with van der Waals surface area (Å²) in [4.78, 5) is 13.8. The molecule has 0 aliphatic carbocycles. The molecular formula is C18H28N2O. The van der Waals surface area contributed by atoms with Gasteiger partial charge in [0.2, 0.25) is 5.91 Å². The molecule has 0 aromatic heterocycles. The zero-order chi connectivity index (χ0) is 15.4. The highest BCUT2D eigenvalue weighted by molar-refractivity contribution is 5.75. The molecule has 1 amide bonds. The molecule has 1 aliphatic heterocycles. The van der Waals surface area contributed by atoms with E-state index >= 15 is 0 Å². The molecule has 0 radical (unpaired) electrons. The first-order valence-electron chi connectivity index (χ1n) is 8.09. The first-order valence-corrected chi connectivity index (χ1v) is 8.09. The zero-order valence-electron chi connectivity index (χ0n) is 13.8. The van der Waals surface area contributed by atoms with Gasteiger partial charge in [0.25, 0.3) is 0 Å². The Bertz CT molecular complexity index is 498. The highest BCUT2D eigenvalue weighted by atomic mass is 16.2. The molecule has 0 bridgehead atoms. The van der Waals surface area contributed by atoms with Gasteiger partial charge in [-0.2, -0.15) is 0 Å². The second kappa shape index (κ2) is 7.08. The lowest BCUT2D eigenvalue weighted by Gasteiger charge is -2.37. The van der Waals surface area contributed by atoms with E-state index in [0.29, 0.717) is 18.4 Å². The Morgan fingerprint density at radius 3 is 2.81 bits per heavy atom. The monoisotopic (exact) mass is 288 g/mol. The molecule has 0 spiro atoms. The third-order valence-electron chi connectivity index (χ3n) is 4.83. The predicted octanol–water partition coefficient (Wildman–Crippen LogP) is 3.04. The fraction of sp³-hybridized carbons (Fsp3) is 0.611. The van der Waals surface area contributed by atoms with E-state index < -0.39 is 0 Å². The number of aryl methyl sites for hydroxylation is 1. The lowest BCUT2D eigenvalue weighted by atomic mass is 9.93. The highest BCUT2D eigenvalue weighted by Gasteiger charge is 2.27. The molecule has 0 unspecified atom stereocenters. The molecular weight excluding hydrogens is 260 g/mol. The number of carbonyl (C=O) groups is 1. The molecule has 1 fully saturated rings. The predicted molar refractivity (Wildman–Crippen MR) is 87.2 cm³/mol. The van der Waals surface area contributed by atoms with Gasteiger partial charge in [0.15, 0.2) is 0 Å². The van der Waals surface area contributed by atoms with Crippen molar-refractivity contribution in [2.45, 2.75) is 53.1 Å². The van der Waals surface area contributed by atoms with E-state index in [9.17, 15) is 4.79 Å². The Labute approximate surface area is 128 Å². The zero-order valence-corrected chi connectivity index (χ0v) is 13.8. The molecule has 1 heterocycles. The first-order chi connectivity index (χ1) is 10.0. The molecule has 3 heteroatoms. The second-order valence-electron chi connectivity index (χ2n) is 6.31. The van der Waals surface area contributed by atoms with Gasteiger partial charge in [-0.3, -0.25) is 4.79 Å². The molecule has 1 aromatic carbocycles. The number of rotatable bonds is 4. The number of nitrogens with one attached hydrogen (secondary N) is 1. The fourth-order valence-electron chi connectivity index (χ4n) is 3.14. The van der Waals surface area contributed by atoms with Crippen molar-refractivity contribution in [2.75, 3.05) is 13.1 Å². The van der Waals surface area contributed by atoms with Crippen molar-refractivity contribution in [1.29, 1.82) is 0 Å². The van der Waals surface area contributed by atoms with Crippen LogP contribution in [0.15, 0.2) is 18.2 Å². The number of nitrogens with zero attached hydrogens (tertiary/aromatic N) is 1. The molecule has 1 saturated heterocycles. The lowest BCUT2D eigenvalue weighted by Crippen LogP contribution is -2.49. The number of amides is 1. The van der Waals surface area contributed by atoms with Crippen LogP contribution in [0.2, 0.25) is 0 Å². The van der Waals surface area contributed by atoms with Gasteiger partial charge in [0.05, 0.1) is 0 Å². The minimum atomic E-state index is 0.287. The molecule has 1 N–H and O–H groups in total. The summed E-state index contributed by atoms with van der Waals surface area (Å²) >= 11 is 0. The Kier molecular flexibility index (Phi) is 5.40. The maximum absolute atomic E-state index is 11.8. The Morgan fingerprint density at radius 2 is 2.14 bits per heavy atom. The summed E-state index contributed by atoms with van der Waals surface area (Å²) in [5.74, 6) is 0.800. The summed E-state index contributed by atoms with van der Waals surface area (Å²) in [6.45, 7) is 11.2. The minimum Gasteiger partial charge on any atom is -0.342 e. The molecule has 116 valence electrons. The first kappa shape index (κ1) is 16.0. The van der Waals surface area contributed by atoms with E-state index in [1.165, 1.54) is 16.7 Å². The van der Waals surface area contributed by atoms with E-state index in [-0.39, 0.29) is 5.91 Å². The molecule has 1 aliphatic rings. The van der Waals surface area contributed by atoms with Crippen LogP contribution in [-0.2, 0) is 11.3 Å². The Morgan fingerprint density at radius 1 is 1.38 bits per heavy atom.